The van der Waals surface area contributed by atoms with Crippen LogP contribution in [0.25, 0.3) is 0 Å². The van der Waals surface area contributed by atoms with Gasteiger partial charge in [0.05, 0.1) is 5.56 Å². The van der Waals surface area contributed by atoms with Crippen LogP contribution in [0.15, 0.2) is 18.3 Å². The quantitative estimate of drug-likeness (QED) is 0.848. The monoisotopic (exact) mass is 384 g/mol. The molecule has 0 aromatic carbocycles. The number of anilines is 1. The van der Waals surface area contributed by atoms with Crippen LogP contribution in [-0.2, 0) is 11.0 Å². The Balaban J connectivity index is 1.44. The maximum atomic E-state index is 12.6. The van der Waals surface area contributed by atoms with Gasteiger partial charge in [-0.1, -0.05) is 0 Å². The van der Waals surface area contributed by atoms with E-state index in [4.69, 9.17) is 0 Å². The number of carbonyl (C=O) groups excluding carboxylic acids is 1. The Morgan fingerprint density at radius 3 is 2.44 bits per heavy atom. The minimum absolute atomic E-state index is 0.0403. The molecule has 3 rings (SSSR count). The fourth-order valence-electron chi connectivity index (χ4n) is 3.82. The Morgan fingerprint density at radius 2 is 1.89 bits per heavy atom. The van der Waals surface area contributed by atoms with Crippen molar-refractivity contribution in [3.63, 3.8) is 0 Å². The number of nitrogens with zero attached hydrogens (tertiary/aromatic N) is 3. The van der Waals surface area contributed by atoms with Crippen LogP contribution in [-0.4, -0.2) is 54.6 Å². The Hall–Kier alpha value is -1.83. The number of likely N-dealkylation sites (tertiary alicyclic amines) is 1. The molecular formula is C19H27F3N4O. The summed E-state index contributed by atoms with van der Waals surface area (Å²) in [5, 5.41) is 3.07. The summed E-state index contributed by atoms with van der Waals surface area (Å²) in [5.74, 6) is 0.576. The molecule has 0 saturated carbocycles. The third kappa shape index (κ3) is 5.12. The zero-order valence-corrected chi connectivity index (χ0v) is 15.6. The molecule has 0 spiro atoms. The Kier molecular flexibility index (Phi) is 6.24. The van der Waals surface area contributed by atoms with E-state index in [9.17, 15) is 18.0 Å². The maximum Gasteiger partial charge on any atom is 0.417 e. The number of aromatic nitrogens is 1. The standard InChI is InChI=1S/C19H27F3N4O/c1-14(25-8-2-3-9-25)12-24-18(27)15-6-10-26(11-7-15)17-5-4-16(13-23-17)19(20,21)22/h4-5,13-15H,2-3,6-12H2,1H3,(H,24,27). The van der Waals surface area contributed by atoms with Gasteiger partial charge in [0.15, 0.2) is 0 Å². The summed E-state index contributed by atoms with van der Waals surface area (Å²) in [6.07, 6.45) is 0.333. The highest BCUT2D eigenvalue weighted by Gasteiger charge is 2.31. The lowest BCUT2D eigenvalue weighted by atomic mass is 9.95. The number of halogens is 3. The van der Waals surface area contributed by atoms with Gasteiger partial charge < -0.3 is 10.2 Å². The van der Waals surface area contributed by atoms with E-state index < -0.39 is 11.7 Å². The Labute approximate surface area is 157 Å². The second-order valence-electron chi connectivity index (χ2n) is 7.50. The number of amides is 1. The van der Waals surface area contributed by atoms with Crippen LogP contribution in [0.1, 0.15) is 38.2 Å². The van der Waals surface area contributed by atoms with Crippen molar-refractivity contribution in [1.82, 2.24) is 15.2 Å². The first-order valence-electron chi connectivity index (χ1n) is 9.64. The van der Waals surface area contributed by atoms with E-state index in [1.54, 1.807) is 0 Å². The molecular weight excluding hydrogens is 357 g/mol. The lowest BCUT2D eigenvalue weighted by Gasteiger charge is -2.32. The average Bonchev–Trinajstić information content (AvgIpc) is 3.20. The van der Waals surface area contributed by atoms with E-state index in [1.165, 1.54) is 18.9 Å². The number of alkyl halides is 3. The summed E-state index contributed by atoms with van der Waals surface area (Å²) < 4.78 is 37.9. The van der Waals surface area contributed by atoms with Crippen LogP contribution in [0.5, 0.6) is 0 Å². The molecule has 2 fully saturated rings. The molecule has 3 heterocycles. The first-order chi connectivity index (χ1) is 12.8. The summed E-state index contributed by atoms with van der Waals surface area (Å²) in [6, 6.07) is 2.81. The van der Waals surface area contributed by atoms with Crippen molar-refractivity contribution in [3.05, 3.63) is 23.9 Å². The summed E-state index contributed by atoms with van der Waals surface area (Å²) in [5.41, 5.74) is -0.743. The fraction of sp³-hybridized carbons (Fsp3) is 0.684. The SMILES string of the molecule is CC(CNC(=O)C1CCN(c2ccc(C(F)(F)F)cn2)CC1)N1CCCC1. The molecule has 8 heteroatoms. The van der Waals surface area contributed by atoms with Gasteiger partial charge in [0.1, 0.15) is 5.82 Å². The maximum absolute atomic E-state index is 12.6. The summed E-state index contributed by atoms with van der Waals surface area (Å²) in [6.45, 7) is 6.27. The largest absolute Gasteiger partial charge is 0.417 e. The van der Waals surface area contributed by atoms with Crippen LogP contribution in [0.2, 0.25) is 0 Å². The van der Waals surface area contributed by atoms with Crippen molar-refractivity contribution in [1.29, 1.82) is 0 Å². The second-order valence-corrected chi connectivity index (χ2v) is 7.50. The minimum atomic E-state index is -4.37. The zero-order valence-electron chi connectivity index (χ0n) is 15.6. The van der Waals surface area contributed by atoms with Crippen molar-refractivity contribution in [2.45, 2.75) is 44.8 Å². The van der Waals surface area contributed by atoms with Gasteiger partial charge in [-0.15, -0.1) is 0 Å². The topological polar surface area (TPSA) is 48.5 Å². The number of hydrogen-bond acceptors (Lipinski definition) is 4. The molecule has 2 aliphatic rings. The first kappa shape index (κ1) is 19.9. The van der Waals surface area contributed by atoms with E-state index in [-0.39, 0.29) is 11.8 Å². The van der Waals surface area contributed by atoms with E-state index >= 15 is 0 Å². The highest BCUT2D eigenvalue weighted by molar-refractivity contribution is 5.79. The molecule has 0 aliphatic carbocycles. The predicted octanol–water partition coefficient (Wildman–Crippen LogP) is 2.92. The minimum Gasteiger partial charge on any atom is -0.357 e. The van der Waals surface area contributed by atoms with E-state index in [0.29, 0.717) is 44.3 Å². The molecule has 1 unspecified atom stereocenters. The van der Waals surface area contributed by atoms with Gasteiger partial charge in [-0.3, -0.25) is 9.69 Å². The zero-order chi connectivity index (χ0) is 19.4. The normalized spacial score (nSPS) is 20.7. The molecule has 150 valence electrons. The molecule has 1 aromatic rings. The summed E-state index contributed by atoms with van der Waals surface area (Å²) in [7, 11) is 0. The lowest BCUT2D eigenvalue weighted by molar-refractivity contribution is -0.137. The molecule has 1 aromatic heterocycles. The average molecular weight is 384 g/mol. The van der Waals surface area contributed by atoms with Crippen molar-refractivity contribution in [2.24, 2.45) is 5.92 Å². The van der Waals surface area contributed by atoms with Gasteiger partial charge in [-0.2, -0.15) is 13.2 Å². The van der Waals surface area contributed by atoms with Crippen molar-refractivity contribution in [3.8, 4) is 0 Å². The van der Waals surface area contributed by atoms with Gasteiger partial charge in [0.2, 0.25) is 5.91 Å². The number of nitrogens with one attached hydrogen (secondary N) is 1. The Morgan fingerprint density at radius 1 is 1.22 bits per heavy atom. The summed E-state index contributed by atoms with van der Waals surface area (Å²) in [4.78, 5) is 20.7. The van der Waals surface area contributed by atoms with Gasteiger partial charge in [0.25, 0.3) is 0 Å². The van der Waals surface area contributed by atoms with Gasteiger partial charge in [-0.25, -0.2) is 4.98 Å². The van der Waals surface area contributed by atoms with E-state index in [0.717, 1.165) is 25.4 Å². The van der Waals surface area contributed by atoms with Crippen LogP contribution >= 0.6 is 0 Å². The number of pyridine rings is 1. The van der Waals surface area contributed by atoms with Gasteiger partial charge in [-0.05, 0) is 57.8 Å². The number of carbonyl (C=O) groups is 1. The molecule has 0 radical (unpaired) electrons. The van der Waals surface area contributed by atoms with Crippen LogP contribution < -0.4 is 10.2 Å². The smallest absolute Gasteiger partial charge is 0.357 e. The third-order valence-electron chi connectivity index (χ3n) is 5.60. The highest BCUT2D eigenvalue weighted by Crippen LogP contribution is 2.30. The molecule has 27 heavy (non-hydrogen) atoms. The number of rotatable bonds is 5. The molecule has 1 amide bonds. The number of hydrogen-bond donors (Lipinski definition) is 1. The second kappa shape index (κ2) is 8.46. The Bertz CT molecular complexity index is 621. The number of piperidine rings is 1. The summed E-state index contributed by atoms with van der Waals surface area (Å²) >= 11 is 0. The van der Waals surface area contributed by atoms with E-state index in [1.807, 2.05) is 4.90 Å². The molecule has 2 saturated heterocycles. The third-order valence-corrected chi connectivity index (χ3v) is 5.60. The van der Waals surface area contributed by atoms with E-state index in [2.05, 4.69) is 22.1 Å². The molecule has 0 bridgehead atoms. The molecule has 2 aliphatic heterocycles. The van der Waals surface area contributed by atoms with Gasteiger partial charge in [0, 0.05) is 37.8 Å². The first-order valence-corrected chi connectivity index (χ1v) is 9.64. The van der Waals surface area contributed by atoms with Crippen LogP contribution in [0.3, 0.4) is 0 Å². The molecule has 5 nitrogen and oxygen atoms in total. The lowest BCUT2D eigenvalue weighted by Crippen LogP contribution is -2.45. The fourth-order valence-corrected chi connectivity index (χ4v) is 3.82. The van der Waals surface area contributed by atoms with Crippen LogP contribution in [0, 0.1) is 5.92 Å². The van der Waals surface area contributed by atoms with Gasteiger partial charge >= 0.3 is 6.18 Å². The molecule has 1 atom stereocenters. The van der Waals surface area contributed by atoms with Crippen LogP contribution in [0.4, 0.5) is 19.0 Å². The van der Waals surface area contributed by atoms with Crippen molar-refractivity contribution >= 4 is 11.7 Å². The van der Waals surface area contributed by atoms with Crippen molar-refractivity contribution in [2.75, 3.05) is 37.6 Å². The van der Waals surface area contributed by atoms with Crippen molar-refractivity contribution < 1.29 is 18.0 Å². The molecule has 1 N–H and O–H groups in total. The predicted molar refractivity (Wildman–Crippen MR) is 97.5 cm³/mol. The highest BCUT2D eigenvalue weighted by atomic mass is 19.4.